The zero-order chi connectivity index (χ0) is 14.9. The van der Waals surface area contributed by atoms with E-state index in [-0.39, 0.29) is 5.56 Å². The quantitative estimate of drug-likeness (QED) is 0.937. The number of nitrogens with zero attached hydrogens (tertiary/aromatic N) is 2. The van der Waals surface area contributed by atoms with Crippen molar-refractivity contribution in [1.82, 2.24) is 9.78 Å². The lowest BCUT2D eigenvalue weighted by molar-refractivity contribution is 0.151. The van der Waals surface area contributed by atoms with Gasteiger partial charge in [0.15, 0.2) is 0 Å². The van der Waals surface area contributed by atoms with Gasteiger partial charge in [0, 0.05) is 24.6 Å². The van der Waals surface area contributed by atoms with E-state index in [0.717, 1.165) is 11.3 Å². The second kappa shape index (κ2) is 5.89. The van der Waals surface area contributed by atoms with Gasteiger partial charge in [0.2, 0.25) is 0 Å². The Morgan fingerprint density at radius 3 is 2.25 bits per heavy atom. The molecular formula is C14H15ClF2N2O. The third kappa shape index (κ3) is 2.99. The molecule has 1 heterocycles. The number of aryl methyl sites for hydroxylation is 2. The first-order valence-electron chi connectivity index (χ1n) is 6.14. The van der Waals surface area contributed by atoms with Crippen LogP contribution in [0.25, 0.3) is 0 Å². The molecule has 1 N–H and O–H groups in total. The molecule has 0 saturated carbocycles. The minimum Gasteiger partial charge on any atom is -0.388 e. The third-order valence-electron chi connectivity index (χ3n) is 3.24. The maximum absolute atomic E-state index is 12.5. The first-order chi connectivity index (χ1) is 9.40. The van der Waals surface area contributed by atoms with E-state index in [9.17, 15) is 13.9 Å². The van der Waals surface area contributed by atoms with Crippen LogP contribution in [0.3, 0.4) is 0 Å². The molecular weight excluding hydrogens is 286 g/mol. The van der Waals surface area contributed by atoms with Gasteiger partial charge in [-0.1, -0.05) is 35.9 Å². The van der Waals surface area contributed by atoms with Crippen molar-refractivity contribution in [1.29, 1.82) is 0 Å². The summed E-state index contributed by atoms with van der Waals surface area (Å²) in [7, 11) is 1.72. The number of hydrogen-bond donors (Lipinski definition) is 1. The molecule has 1 atom stereocenters. The third-order valence-corrected chi connectivity index (χ3v) is 3.71. The predicted octanol–water partition coefficient (Wildman–Crippen LogP) is 3.60. The number of aliphatic hydroxyl groups is 1. The summed E-state index contributed by atoms with van der Waals surface area (Å²) in [6, 6.07) is 5.65. The smallest absolute Gasteiger partial charge is 0.263 e. The molecule has 0 saturated heterocycles. The fourth-order valence-electron chi connectivity index (χ4n) is 2.08. The number of aliphatic hydroxyl groups excluding tert-OH is 1. The topological polar surface area (TPSA) is 38.0 Å². The summed E-state index contributed by atoms with van der Waals surface area (Å²) in [6.45, 7) is 1.81. The summed E-state index contributed by atoms with van der Waals surface area (Å²) in [5, 5.41) is 14.8. The SMILES string of the molecule is Cc1nn(C)c(Cl)c1CC(O)c1ccc(C(F)F)cc1. The molecule has 0 radical (unpaired) electrons. The van der Waals surface area contributed by atoms with Crippen molar-refractivity contribution in [2.24, 2.45) is 7.05 Å². The van der Waals surface area contributed by atoms with Crippen LogP contribution in [0.1, 0.15) is 34.9 Å². The lowest BCUT2D eigenvalue weighted by Crippen LogP contribution is -2.03. The van der Waals surface area contributed by atoms with Crippen molar-refractivity contribution in [3.05, 3.63) is 51.8 Å². The molecule has 2 rings (SSSR count). The summed E-state index contributed by atoms with van der Waals surface area (Å²) in [5.41, 5.74) is 2.03. The van der Waals surface area contributed by atoms with Gasteiger partial charge in [0.05, 0.1) is 11.8 Å². The Labute approximate surface area is 120 Å². The van der Waals surface area contributed by atoms with Crippen molar-refractivity contribution in [2.75, 3.05) is 0 Å². The fourth-order valence-corrected chi connectivity index (χ4v) is 2.33. The molecule has 0 aliphatic heterocycles. The van der Waals surface area contributed by atoms with Gasteiger partial charge in [0.25, 0.3) is 6.43 Å². The molecule has 0 aliphatic carbocycles. The second-order valence-electron chi connectivity index (χ2n) is 4.67. The van der Waals surface area contributed by atoms with Gasteiger partial charge in [-0.15, -0.1) is 0 Å². The van der Waals surface area contributed by atoms with E-state index in [1.807, 2.05) is 6.92 Å². The number of halogens is 3. The zero-order valence-corrected chi connectivity index (χ0v) is 11.9. The van der Waals surface area contributed by atoms with Crippen LogP contribution in [-0.4, -0.2) is 14.9 Å². The molecule has 0 bridgehead atoms. The second-order valence-corrected chi connectivity index (χ2v) is 5.02. The van der Waals surface area contributed by atoms with Crippen LogP contribution in [0.2, 0.25) is 5.15 Å². The van der Waals surface area contributed by atoms with E-state index >= 15 is 0 Å². The van der Waals surface area contributed by atoms with E-state index in [1.165, 1.54) is 24.3 Å². The van der Waals surface area contributed by atoms with Crippen LogP contribution in [0.15, 0.2) is 24.3 Å². The average Bonchev–Trinajstić information content (AvgIpc) is 2.65. The van der Waals surface area contributed by atoms with Gasteiger partial charge in [-0.25, -0.2) is 8.78 Å². The van der Waals surface area contributed by atoms with Gasteiger partial charge in [-0.3, -0.25) is 4.68 Å². The molecule has 108 valence electrons. The van der Waals surface area contributed by atoms with E-state index in [2.05, 4.69) is 5.10 Å². The van der Waals surface area contributed by atoms with Crippen LogP contribution in [0.4, 0.5) is 8.78 Å². The molecule has 0 fully saturated rings. The highest BCUT2D eigenvalue weighted by molar-refractivity contribution is 6.30. The minimum atomic E-state index is -2.50. The summed E-state index contributed by atoms with van der Waals surface area (Å²) in [6.07, 6.45) is -3.01. The van der Waals surface area contributed by atoms with Crippen LogP contribution in [0.5, 0.6) is 0 Å². The largest absolute Gasteiger partial charge is 0.388 e. The first-order valence-corrected chi connectivity index (χ1v) is 6.52. The van der Waals surface area contributed by atoms with Crippen molar-refractivity contribution >= 4 is 11.6 Å². The predicted molar refractivity (Wildman–Crippen MR) is 73.0 cm³/mol. The highest BCUT2D eigenvalue weighted by Gasteiger charge is 2.17. The molecule has 2 aromatic rings. The summed E-state index contributed by atoms with van der Waals surface area (Å²) >= 11 is 6.10. The van der Waals surface area contributed by atoms with E-state index in [0.29, 0.717) is 17.1 Å². The van der Waals surface area contributed by atoms with E-state index in [1.54, 1.807) is 11.7 Å². The van der Waals surface area contributed by atoms with Crippen molar-refractivity contribution in [2.45, 2.75) is 25.9 Å². The monoisotopic (exact) mass is 300 g/mol. The van der Waals surface area contributed by atoms with Crippen LogP contribution in [0, 0.1) is 6.92 Å². The Hall–Kier alpha value is -1.46. The molecule has 1 aromatic heterocycles. The first kappa shape index (κ1) is 14.9. The summed E-state index contributed by atoms with van der Waals surface area (Å²) in [5.74, 6) is 0. The summed E-state index contributed by atoms with van der Waals surface area (Å²) in [4.78, 5) is 0. The number of benzene rings is 1. The van der Waals surface area contributed by atoms with Gasteiger partial charge in [0.1, 0.15) is 5.15 Å². The molecule has 0 aliphatic rings. The van der Waals surface area contributed by atoms with Gasteiger partial charge in [-0.2, -0.15) is 5.10 Å². The van der Waals surface area contributed by atoms with Gasteiger partial charge >= 0.3 is 0 Å². The molecule has 0 spiro atoms. The Balaban J connectivity index is 2.17. The highest BCUT2D eigenvalue weighted by atomic mass is 35.5. The Morgan fingerprint density at radius 2 is 1.80 bits per heavy atom. The maximum atomic E-state index is 12.5. The molecule has 0 amide bonds. The van der Waals surface area contributed by atoms with Crippen molar-refractivity contribution in [3.8, 4) is 0 Å². The maximum Gasteiger partial charge on any atom is 0.263 e. The van der Waals surface area contributed by atoms with Crippen molar-refractivity contribution in [3.63, 3.8) is 0 Å². The minimum absolute atomic E-state index is 0.0588. The molecule has 3 nitrogen and oxygen atoms in total. The summed E-state index contributed by atoms with van der Waals surface area (Å²) < 4.78 is 26.5. The number of aromatic nitrogens is 2. The molecule has 1 unspecified atom stereocenters. The fraction of sp³-hybridized carbons (Fsp3) is 0.357. The number of rotatable bonds is 4. The average molecular weight is 301 g/mol. The Kier molecular flexibility index (Phi) is 4.40. The Morgan fingerprint density at radius 1 is 1.25 bits per heavy atom. The van der Waals surface area contributed by atoms with Crippen LogP contribution < -0.4 is 0 Å². The Bertz CT molecular complexity index is 596. The lowest BCUT2D eigenvalue weighted by Gasteiger charge is -2.11. The van der Waals surface area contributed by atoms with E-state index in [4.69, 9.17) is 11.6 Å². The van der Waals surface area contributed by atoms with Gasteiger partial charge < -0.3 is 5.11 Å². The number of hydrogen-bond acceptors (Lipinski definition) is 2. The lowest BCUT2D eigenvalue weighted by atomic mass is 10.0. The van der Waals surface area contributed by atoms with Crippen molar-refractivity contribution < 1.29 is 13.9 Å². The standard InChI is InChI=1S/C14H15ClF2N2O/c1-8-11(13(15)19(2)18-8)7-12(20)9-3-5-10(6-4-9)14(16)17/h3-6,12,14,20H,7H2,1-2H3. The highest BCUT2D eigenvalue weighted by Crippen LogP contribution is 2.27. The van der Waals surface area contributed by atoms with Crippen LogP contribution >= 0.6 is 11.6 Å². The molecule has 20 heavy (non-hydrogen) atoms. The normalized spacial score (nSPS) is 12.9. The molecule has 1 aromatic carbocycles. The van der Waals surface area contributed by atoms with Gasteiger partial charge in [-0.05, 0) is 12.5 Å². The van der Waals surface area contributed by atoms with Crippen LogP contribution in [-0.2, 0) is 13.5 Å². The number of alkyl halides is 2. The van der Waals surface area contributed by atoms with E-state index < -0.39 is 12.5 Å². The zero-order valence-electron chi connectivity index (χ0n) is 11.1. The molecule has 6 heteroatoms.